The second kappa shape index (κ2) is 11.2. The molecule has 1 saturated heterocycles. The number of thiophene rings is 1. The van der Waals surface area contributed by atoms with Gasteiger partial charge in [-0.1, -0.05) is 6.07 Å². The topological polar surface area (TPSA) is 88.8 Å². The van der Waals surface area contributed by atoms with E-state index in [-0.39, 0.29) is 6.04 Å². The van der Waals surface area contributed by atoms with Crippen LogP contribution in [-0.2, 0) is 23.1 Å². The van der Waals surface area contributed by atoms with Gasteiger partial charge in [-0.15, -0.1) is 21.5 Å². The van der Waals surface area contributed by atoms with Crippen molar-refractivity contribution in [1.29, 1.82) is 0 Å². The van der Waals surface area contributed by atoms with Gasteiger partial charge in [0.05, 0.1) is 25.9 Å². The number of hydrogen-bond acceptors (Lipinski definition) is 7. The average Bonchev–Trinajstić information content (AvgIpc) is 3.38. The van der Waals surface area contributed by atoms with E-state index in [4.69, 9.17) is 14.5 Å². The molecule has 2 N–H and O–H groups in total. The molecule has 0 radical (unpaired) electrons. The molecule has 0 bridgehead atoms. The van der Waals surface area contributed by atoms with E-state index in [1.807, 2.05) is 18.5 Å². The molecule has 2 aromatic heterocycles. The van der Waals surface area contributed by atoms with E-state index in [1.165, 1.54) is 4.88 Å². The van der Waals surface area contributed by atoms with Crippen LogP contribution in [0.1, 0.15) is 22.6 Å². The van der Waals surface area contributed by atoms with Crippen LogP contribution in [-0.4, -0.2) is 78.7 Å². The molecule has 10 heteroatoms. The molecule has 3 rings (SSSR count). The highest BCUT2D eigenvalue weighted by atomic mass is 32.1. The fraction of sp³-hybridized carbons (Fsp3) is 0.632. The summed E-state index contributed by atoms with van der Waals surface area (Å²) in [6.45, 7) is 7.88. The Kier molecular flexibility index (Phi) is 8.41. The Hall–Kier alpha value is -2.01. The molecule has 0 aromatic carbocycles. The predicted octanol–water partition coefficient (Wildman–Crippen LogP) is 0.940. The summed E-state index contributed by atoms with van der Waals surface area (Å²) in [4.78, 5) is 8.53. The van der Waals surface area contributed by atoms with E-state index in [2.05, 4.69) is 43.2 Å². The van der Waals surface area contributed by atoms with Crippen molar-refractivity contribution in [2.24, 2.45) is 12.0 Å². The quantitative estimate of drug-likeness (QED) is 0.354. The minimum Gasteiger partial charge on any atom is -0.383 e. The maximum Gasteiger partial charge on any atom is 0.191 e. The highest BCUT2D eigenvalue weighted by Gasteiger charge is 2.23. The van der Waals surface area contributed by atoms with Gasteiger partial charge in [0.15, 0.2) is 11.8 Å². The van der Waals surface area contributed by atoms with Crippen molar-refractivity contribution in [2.45, 2.75) is 19.5 Å². The summed E-state index contributed by atoms with van der Waals surface area (Å²) in [5.41, 5.74) is 0. The zero-order valence-corrected chi connectivity index (χ0v) is 18.2. The highest BCUT2D eigenvalue weighted by molar-refractivity contribution is 7.10. The second-order valence-electron chi connectivity index (χ2n) is 6.87. The van der Waals surface area contributed by atoms with Crippen LogP contribution in [0, 0.1) is 6.92 Å². The Balaban J connectivity index is 1.67. The number of nitrogens with one attached hydrogen (secondary N) is 2. The van der Waals surface area contributed by atoms with Crippen molar-refractivity contribution in [3.05, 3.63) is 34.0 Å². The lowest BCUT2D eigenvalue weighted by atomic mass is 10.2. The van der Waals surface area contributed by atoms with Crippen molar-refractivity contribution in [3.8, 4) is 0 Å². The van der Waals surface area contributed by atoms with Crippen LogP contribution < -0.4 is 10.6 Å². The van der Waals surface area contributed by atoms with Gasteiger partial charge < -0.3 is 24.7 Å². The summed E-state index contributed by atoms with van der Waals surface area (Å²) < 4.78 is 12.7. The van der Waals surface area contributed by atoms with Crippen LogP contribution in [0.15, 0.2) is 22.5 Å². The fourth-order valence-corrected chi connectivity index (χ4v) is 4.02. The molecule has 2 aromatic rings. The molecule has 9 nitrogen and oxygen atoms in total. The van der Waals surface area contributed by atoms with E-state index in [0.29, 0.717) is 19.7 Å². The smallest absolute Gasteiger partial charge is 0.191 e. The molecule has 3 heterocycles. The van der Waals surface area contributed by atoms with E-state index >= 15 is 0 Å². The van der Waals surface area contributed by atoms with E-state index in [1.54, 1.807) is 18.4 Å². The lowest BCUT2D eigenvalue weighted by Gasteiger charge is -2.34. The van der Waals surface area contributed by atoms with Crippen LogP contribution in [0.5, 0.6) is 0 Å². The van der Waals surface area contributed by atoms with Crippen molar-refractivity contribution < 1.29 is 9.47 Å². The molecular weight excluding hydrogens is 390 g/mol. The number of nitrogens with zero attached hydrogens (tertiary/aromatic N) is 5. The minimum absolute atomic E-state index is 0.283. The first-order valence-electron chi connectivity index (χ1n) is 9.90. The molecule has 29 heavy (non-hydrogen) atoms. The summed E-state index contributed by atoms with van der Waals surface area (Å²) in [6.07, 6.45) is 0. The molecule has 1 atom stereocenters. The number of aromatic nitrogens is 3. The average molecular weight is 422 g/mol. The standard InChI is InChI=1S/C19H31N7O2S/c1-15-23-24-18(25(15)2)14-22-19(20-6-9-27-3)21-13-16(17-5-4-12-29-17)26-7-10-28-11-8-26/h4-5,12,16H,6-11,13-14H2,1-3H3,(H2,20,21,22). The molecular formula is C19H31N7O2S. The number of rotatable bonds is 9. The predicted molar refractivity (Wildman–Crippen MR) is 114 cm³/mol. The molecule has 0 saturated carbocycles. The number of aryl methyl sites for hydroxylation is 1. The first kappa shape index (κ1) is 21.7. The number of guanidine groups is 1. The molecule has 1 aliphatic rings. The Morgan fingerprint density at radius 2 is 2.17 bits per heavy atom. The van der Waals surface area contributed by atoms with Crippen LogP contribution in [0.4, 0.5) is 0 Å². The third-order valence-electron chi connectivity index (χ3n) is 4.98. The first-order valence-corrected chi connectivity index (χ1v) is 10.8. The van der Waals surface area contributed by atoms with Gasteiger partial charge >= 0.3 is 0 Å². The lowest BCUT2D eigenvalue weighted by Crippen LogP contribution is -2.46. The number of hydrogen-bond donors (Lipinski definition) is 2. The number of ether oxygens (including phenoxy) is 2. The summed E-state index contributed by atoms with van der Waals surface area (Å²) in [5, 5.41) is 17.3. The number of morpholine rings is 1. The van der Waals surface area contributed by atoms with E-state index < -0.39 is 0 Å². The van der Waals surface area contributed by atoms with Gasteiger partial charge in [-0.2, -0.15) is 0 Å². The van der Waals surface area contributed by atoms with Crippen molar-refractivity contribution in [2.75, 3.05) is 53.1 Å². The molecule has 1 unspecified atom stereocenters. The third kappa shape index (κ3) is 6.23. The Bertz CT molecular complexity index is 757. The van der Waals surface area contributed by atoms with Crippen LogP contribution >= 0.6 is 11.3 Å². The van der Waals surface area contributed by atoms with Gasteiger partial charge in [-0.25, -0.2) is 4.99 Å². The van der Waals surface area contributed by atoms with Crippen molar-refractivity contribution in [3.63, 3.8) is 0 Å². The van der Waals surface area contributed by atoms with E-state index in [0.717, 1.165) is 50.5 Å². The van der Waals surface area contributed by atoms with Gasteiger partial charge in [-0.05, 0) is 18.4 Å². The second-order valence-corrected chi connectivity index (χ2v) is 7.85. The summed E-state index contributed by atoms with van der Waals surface area (Å²) in [6, 6.07) is 4.59. The highest BCUT2D eigenvalue weighted by Crippen LogP contribution is 2.25. The van der Waals surface area contributed by atoms with Gasteiger partial charge in [0, 0.05) is 45.2 Å². The molecule has 1 fully saturated rings. The van der Waals surface area contributed by atoms with Gasteiger partial charge in [0.25, 0.3) is 0 Å². The van der Waals surface area contributed by atoms with Crippen LogP contribution in [0.2, 0.25) is 0 Å². The Morgan fingerprint density at radius 1 is 1.34 bits per heavy atom. The fourth-order valence-electron chi connectivity index (χ4n) is 3.16. The maximum atomic E-state index is 5.54. The van der Waals surface area contributed by atoms with E-state index in [9.17, 15) is 0 Å². The summed E-state index contributed by atoms with van der Waals surface area (Å²) >= 11 is 1.79. The van der Waals surface area contributed by atoms with Gasteiger partial charge in [-0.3, -0.25) is 4.90 Å². The van der Waals surface area contributed by atoms with Crippen LogP contribution in [0.25, 0.3) is 0 Å². The summed E-state index contributed by atoms with van der Waals surface area (Å²) in [7, 11) is 3.65. The lowest BCUT2D eigenvalue weighted by molar-refractivity contribution is 0.0177. The van der Waals surface area contributed by atoms with Crippen molar-refractivity contribution >= 4 is 17.3 Å². The normalized spacial score (nSPS) is 16.7. The van der Waals surface area contributed by atoms with Gasteiger partial charge in [0.1, 0.15) is 12.4 Å². The molecule has 0 amide bonds. The first-order chi connectivity index (χ1) is 14.2. The SMILES string of the molecule is COCCNC(=NCc1nnc(C)n1C)NCC(c1cccs1)N1CCOCC1. The monoisotopic (exact) mass is 421 g/mol. The zero-order valence-electron chi connectivity index (χ0n) is 17.4. The number of methoxy groups -OCH3 is 1. The largest absolute Gasteiger partial charge is 0.383 e. The Labute approximate surface area is 176 Å². The van der Waals surface area contributed by atoms with Gasteiger partial charge in [0.2, 0.25) is 0 Å². The molecule has 0 aliphatic carbocycles. The molecule has 160 valence electrons. The van der Waals surface area contributed by atoms with Crippen LogP contribution in [0.3, 0.4) is 0 Å². The Morgan fingerprint density at radius 3 is 2.83 bits per heavy atom. The molecule has 0 spiro atoms. The van der Waals surface area contributed by atoms with Crippen molar-refractivity contribution in [1.82, 2.24) is 30.3 Å². The summed E-state index contributed by atoms with van der Waals surface area (Å²) in [5.74, 6) is 2.46. The third-order valence-corrected chi connectivity index (χ3v) is 5.95. The minimum atomic E-state index is 0.283. The number of aliphatic imine (C=N–C) groups is 1. The molecule has 1 aliphatic heterocycles. The maximum absolute atomic E-state index is 5.54. The zero-order chi connectivity index (χ0) is 20.5.